The molecule has 2 aliphatic rings. The highest BCUT2D eigenvalue weighted by Gasteiger charge is 2.54. The van der Waals surface area contributed by atoms with Crippen LogP contribution in [0.1, 0.15) is 40.0 Å². The van der Waals surface area contributed by atoms with Gasteiger partial charge >= 0.3 is 6.09 Å². The highest BCUT2D eigenvalue weighted by molar-refractivity contribution is 5.68. The average Bonchev–Trinajstić information content (AvgIpc) is 2.90. The van der Waals surface area contributed by atoms with Crippen molar-refractivity contribution in [2.24, 2.45) is 11.3 Å². The number of likely N-dealkylation sites (tertiary alicyclic amines) is 1. The van der Waals surface area contributed by atoms with Crippen LogP contribution in [0.25, 0.3) is 0 Å². The second-order valence-corrected chi connectivity index (χ2v) is 6.25. The first-order chi connectivity index (χ1) is 7.86. The fraction of sp³-hybridized carbons (Fsp3) is 0.786. The van der Waals surface area contributed by atoms with Gasteiger partial charge in [-0.2, -0.15) is 0 Å². The van der Waals surface area contributed by atoms with Crippen LogP contribution in [0.4, 0.5) is 4.79 Å². The van der Waals surface area contributed by atoms with Gasteiger partial charge in [0.1, 0.15) is 5.60 Å². The summed E-state index contributed by atoms with van der Waals surface area (Å²) in [4.78, 5) is 13.7. The number of carbonyl (C=O) groups is 1. The molecule has 1 aliphatic heterocycles. The molecule has 1 atom stereocenters. The third-order valence-corrected chi connectivity index (χ3v) is 3.80. The van der Waals surface area contributed by atoms with Crippen molar-refractivity contribution in [3.05, 3.63) is 0 Å². The van der Waals surface area contributed by atoms with E-state index in [0.29, 0.717) is 11.3 Å². The van der Waals surface area contributed by atoms with Gasteiger partial charge < -0.3 is 9.64 Å². The fourth-order valence-corrected chi connectivity index (χ4v) is 2.60. The predicted octanol–water partition coefficient (Wildman–Crippen LogP) is 2.66. The lowest BCUT2D eigenvalue weighted by Gasteiger charge is -2.33. The van der Waals surface area contributed by atoms with E-state index >= 15 is 0 Å². The number of amides is 1. The first kappa shape index (κ1) is 12.3. The molecule has 0 aromatic heterocycles. The predicted molar refractivity (Wildman–Crippen MR) is 66.4 cm³/mol. The van der Waals surface area contributed by atoms with E-state index in [2.05, 4.69) is 5.92 Å². The molecule has 2 rings (SSSR count). The molecule has 3 heteroatoms. The van der Waals surface area contributed by atoms with Crippen molar-refractivity contribution in [3.8, 4) is 12.3 Å². The highest BCUT2D eigenvalue weighted by atomic mass is 16.6. The van der Waals surface area contributed by atoms with Gasteiger partial charge in [0.15, 0.2) is 0 Å². The number of terminal acetylenes is 1. The quantitative estimate of drug-likeness (QED) is 0.604. The first-order valence-corrected chi connectivity index (χ1v) is 6.30. The lowest BCUT2D eigenvalue weighted by Crippen LogP contribution is -2.42. The zero-order valence-electron chi connectivity index (χ0n) is 11.0. The van der Waals surface area contributed by atoms with Crippen molar-refractivity contribution in [1.82, 2.24) is 4.90 Å². The summed E-state index contributed by atoms with van der Waals surface area (Å²) in [6.45, 7) is 7.25. The van der Waals surface area contributed by atoms with E-state index in [4.69, 9.17) is 11.2 Å². The van der Waals surface area contributed by atoms with Crippen LogP contribution < -0.4 is 0 Å². The Kier molecular flexibility index (Phi) is 2.85. The minimum Gasteiger partial charge on any atom is -0.444 e. The van der Waals surface area contributed by atoms with Crippen molar-refractivity contribution < 1.29 is 9.53 Å². The molecule has 2 fully saturated rings. The number of carbonyl (C=O) groups excluding carboxylic acids is 1. The number of nitrogens with zero attached hydrogens (tertiary/aromatic N) is 1. The minimum atomic E-state index is -0.410. The molecule has 1 spiro atoms. The highest BCUT2D eigenvalue weighted by Crippen LogP contribution is 2.58. The van der Waals surface area contributed by atoms with Gasteiger partial charge in [-0.3, -0.25) is 0 Å². The van der Waals surface area contributed by atoms with E-state index in [1.54, 1.807) is 0 Å². The summed E-state index contributed by atoms with van der Waals surface area (Å²) in [6.07, 6.45) is 8.47. The van der Waals surface area contributed by atoms with Crippen molar-refractivity contribution in [1.29, 1.82) is 0 Å². The Morgan fingerprint density at radius 2 is 2.00 bits per heavy atom. The molecule has 3 nitrogen and oxygen atoms in total. The Labute approximate surface area is 104 Å². The summed E-state index contributed by atoms with van der Waals surface area (Å²) in [5, 5.41) is 0. The normalized spacial score (nSPS) is 26.5. The largest absolute Gasteiger partial charge is 0.444 e. The van der Waals surface area contributed by atoms with Crippen LogP contribution >= 0.6 is 0 Å². The summed E-state index contributed by atoms with van der Waals surface area (Å²) in [5.41, 5.74) is -0.0551. The minimum absolute atomic E-state index is 0.190. The van der Waals surface area contributed by atoms with Gasteiger partial charge in [-0.1, -0.05) is 0 Å². The van der Waals surface area contributed by atoms with E-state index < -0.39 is 5.60 Å². The maximum absolute atomic E-state index is 11.9. The standard InChI is InChI=1S/C14H21NO2/c1-5-11-10-14(11)6-8-15(9-7-14)12(16)17-13(2,3)4/h1,11H,6-10H2,2-4H3/t11-/m1/s1. The Balaban J connectivity index is 1.84. The van der Waals surface area contributed by atoms with E-state index in [1.165, 1.54) is 0 Å². The zero-order valence-corrected chi connectivity index (χ0v) is 11.0. The van der Waals surface area contributed by atoms with Gasteiger partial charge in [0, 0.05) is 19.0 Å². The number of rotatable bonds is 0. The molecule has 0 aromatic carbocycles. The molecule has 0 aromatic rings. The summed E-state index contributed by atoms with van der Waals surface area (Å²) < 4.78 is 5.37. The number of piperidine rings is 1. The van der Waals surface area contributed by atoms with Crippen LogP contribution in [0.2, 0.25) is 0 Å². The summed E-state index contributed by atoms with van der Waals surface area (Å²) in [5.74, 6) is 3.29. The molecule has 17 heavy (non-hydrogen) atoms. The van der Waals surface area contributed by atoms with Gasteiger partial charge in [0.05, 0.1) is 0 Å². The van der Waals surface area contributed by atoms with E-state index in [9.17, 15) is 4.79 Å². The van der Waals surface area contributed by atoms with Crippen molar-refractivity contribution in [2.75, 3.05) is 13.1 Å². The van der Waals surface area contributed by atoms with Crippen LogP contribution in [0.3, 0.4) is 0 Å². The first-order valence-electron chi connectivity index (χ1n) is 6.30. The third kappa shape index (κ3) is 2.57. The summed E-state index contributed by atoms with van der Waals surface area (Å²) in [6, 6.07) is 0. The molecule has 0 N–H and O–H groups in total. The third-order valence-electron chi connectivity index (χ3n) is 3.80. The SMILES string of the molecule is C#C[C@@H]1CC12CCN(C(=O)OC(C)(C)C)CC2. The smallest absolute Gasteiger partial charge is 0.410 e. The van der Waals surface area contributed by atoms with Crippen molar-refractivity contribution in [3.63, 3.8) is 0 Å². The fourth-order valence-electron chi connectivity index (χ4n) is 2.60. The summed E-state index contributed by atoms with van der Waals surface area (Å²) in [7, 11) is 0. The molecule has 0 unspecified atom stereocenters. The number of hydrogen-bond donors (Lipinski definition) is 0. The molecule has 1 saturated heterocycles. The van der Waals surface area contributed by atoms with Crippen LogP contribution in [0.5, 0.6) is 0 Å². The van der Waals surface area contributed by atoms with Crippen molar-refractivity contribution in [2.45, 2.75) is 45.6 Å². The molecule has 1 saturated carbocycles. The number of ether oxygens (including phenoxy) is 1. The second kappa shape index (κ2) is 3.94. The lowest BCUT2D eigenvalue weighted by molar-refractivity contribution is 0.0169. The Morgan fingerprint density at radius 1 is 1.41 bits per heavy atom. The molecular weight excluding hydrogens is 214 g/mol. The van der Waals surface area contributed by atoms with Gasteiger partial charge in [-0.25, -0.2) is 4.79 Å². The van der Waals surface area contributed by atoms with Crippen LogP contribution in [-0.2, 0) is 4.74 Å². The lowest BCUT2D eigenvalue weighted by atomic mass is 9.91. The maximum Gasteiger partial charge on any atom is 0.410 e. The Hall–Kier alpha value is -1.17. The van der Waals surface area contributed by atoms with E-state index in [1.807, 2.05) is 25.7 Å². The molecule has 1 amide bonds. The average molecular weight is 235 g/mol. The molecule has 1 aliphatic carbocycles. The topological polar surface area (TPSA) is 29.5 Å². The van der Waals surface area contributed by atoms with Crippen LogP contribution in [-0.4, -0.2) is 29.7 Å². The van der Waals surface area contributed by atoms with Gasteiger partial charge in [-0.15, -0.1) is 12.3 Å². The number of hydrogen-bond acceptors (Lipinski definition) is 2. The maximum atomic E-state index is 11.9. The van der Waals surface area contributed by atoms with Gasteiger partial charge in [0.25, 0.3) is 0 Å². The van der Waals surface area contributed by atoms with Crippen LogP contribution in [0.15, 0.2) is 0 Å². The Morgan fingerprint density at radius 3 is 2.41 bits per heavy atom. The summed E-state index contributed by atoms with van der Waals surface area (Å²) >= 11 is 0. The van der Waals surface area contributed by atoms with E-state index in [-0.39, 0.29) is 6.09 Å². The van der Waals surface area contributed by atoms with Gasteiger partial charge in [0.2, 0.25) is 0 Å². The van der Waals surface area contributed by atoms with Gasteiger partial charge in [-0.05, 0) is 45.4 Å². The second-order valence-electron chi connectivity index (χ2n) is 6.25. The molecule has 94 valence electrons. The monoisotopic (exact) mass is 235 g/mol. The van der Waals surface area contributed by atoms with Crippen LogP contribution in [0, 0.1) is 23.7 Å². The zero-order chi connectivity index (χ0) is 12.7. The Bertz CT molecular complexity index is 353. The van der Waals surface area contributed by atoms with E-state index in [0.717, 1.165) is 32.4 Å². The molecule has 0 radical (unpaired) electrons. The molecule has 1 heterocycles. The van der Waals surface area contributed by atoms with Crippen molar-refractivity contribution >= 4 is 6.09 Å². The molecular formula is C14H21NO2. The molecule has 0 bridgehead atoms.